The molecule has 3 heterocycles. The molecule has 9 heteroatoms. The fourth-order valence-electron chi connectivity index (χ4n) is 3.34. The maximum atomic E-state index is 12.8. The van der Waals surface area contributed by atoms with Crippen LogP contribution in [0.5, 0.6) is 0 Å². The van der Waals surface area contributed by atoms with Gasteiger partial charge in [-0.25, -0.2) is 17.7 Å². The van der Waals surface area contributed by atoms with Crippen molar-refractivity contribution in [1.82, 2.24) is 24.4 Å². The van der Waals surface area contributed by atoms with E-state index in [1.54, 1.807) is 10.7 Å². The number of carbonyl (C=O) groups excluding carboxylic acids is 1. The Morgan fingerprint density at radius 1 is 1.28 bits per heavy atom. The first-order valence-electron chi connectivity index (χ1n) is 8.23. The van der Waals surface area contributed by atoms with Gasteiger partial charge in [-0.1, -0.05) is 0 Å². The van der Waals surface area contributed by atoms with E-state index in [0.29, 0.717) is 37.1 Å². The lowest BCUT2D eigenvalue weighted by molar-refractivity contribution is 0.0925. The van der Waals surface area contributed by atoms with Crippen molar-refractivity contribution in [3.8, 4) is 0 Å². The number of nitrogens with zero attached hydrogens (tertiary/aromatic N) is 4. The van der Waals surface area contributed by atoms with E-state index in [1.807, 2.05) is 20.9 Å². The van der Waals surface area contributed by atoms with Gasteiger partial charge in [0.05, 0.1) is 22.9 Å². The Labute approximate surface area is 147 Å². The summed E-state index contributed by atoms with van der Waals surface area (Å²) in [5, 5.41) is 8.16. The predicted octanol–water partition coefficient (Wildman–Crippen LogP) is 0.739. The van der Waals surface area contributed by atoms with Crippen molar-refractivity contribution in [2.45, 2.75) is 32.7 Å². The van der Waals surface area contributed by atoms with Crippen molar-refractivity contribution in [2.24, 2.45) is 7.05 Å². The van der Waals surface area contributed by atoms with Crippen LogP contribution in [0, 0.1) is 13.8 Å². The maximum Gasteiger partial charge on any atom is 0.252 e. The van der Waals surface area contributed by atoms with Gasteiger partial charge in [0.2, 0.25) is 10.0 Å². The standard InChI is InChI=1S/C16H23N5O3S/c1-10-9-13(14-11(2)19-20(3)15(14)17-10)16(22)18-12-5-7-21(8-6-12)25(4,23)24/h9,12H,5-8H2,1-4H3,(H,18,22). The minimum Gasteiger partial charge on any atom is -0.349 e. The van der Waals surface area contributed by atoms with Crippen LogP contribution < -0.4 is 5.32 Å². The van der Waals surface area contributed by atoms with E-state index >= 15 is 0 Å². The highest BCUT2D eigenvalue weighted by molar-refractivity contribution is 7.88. The second-order valence-corrected chi connectivity index (χ2v) is 8.61. The first kappa shape index (κ1) is 17.8. The number of sulfonamides is 1. The molecule has 1 fully saturated rings. The number of amides is 1. The van der Waals surface area contributed by atoms with Crippen molar-refractivity contribution >= 4 is 27.0 Å². The summed E-state index contributed by atoms with van der Waals surface area (Å²) in [6.07, 6.45) is 2.43. The summed E-state index contributed by atoms with van der Waals surface area (Å²) in [6, 6.07) is 1.74. The van der Waals surface area contributed by atoms with Crippen molar-refractivity contribution in [3.63, 3.8) is 0 Å². The molecule has 0 aliphatic carbocycles. The van der Waals surface area contributed by atoms with Crippen LogP contribution in [0.2, 0.25) is 0 Å². The molecule has 1 aliphatic rings. The summed E-state index contributed by atoms with van der Waals surface area (Å²) in [5.41, 5.74) is 2.78. The molecule has 0 aromatic carbocycles. The number of aromatic nitrogens is 3. The lowest BCUT2D eigenvalue weighted by atomic mass is 10.0. The van der Waals surface area contributed by atoms with E-state index in [-0.39, 0.29) is 11.9 Å². The largest absolute Gasteiger partial charge is 0.349 e. The van der Waals surface area contributed by atoms with Gasteiger partial charge in [-0.15, -0.1) is 0 Å². The molecule has 0 atom stereocenters. The van der Waals surface area contributed by atoms with Crippen LogP contribution in [0.3, 0.4) is 0 Å². The molecule has 0 unspecified atom stereocenters. The third-order valence-electron chi connectivity index (χ3n) is 4.60. The van der Waals surface area contributed by atoms with Gasteiger partial charge in [0.25, 0.3) is 5.91 Å². The molecule has 2 aromatic rings. The molecule has 3 rings (SSSR count). The SMILES string of the molecule is Cc1cc(C(=O)NC2CCN(S(C)(=O)=O)CC2)c2c(C)nn(C)c2n1. The van der Waals surface area contributed by atoms with Gasteiger partial charge in [-0.05, 0) is 32.8 Å². The van der Waals surface area contributed by atoms with Crippen molar-refractivity contribution in [3.05, 3.63) is 23.0 Å². The lowest BCUT2D eigenvalue weighted by Crippen LogP contribution is -2.46. The van der Waals surface area contributed by atoms with Gasteiger partial charge in [0.15, 0.2) is 5.65 Å². The van der Waals surface area contributed by atoms with Crippen molar-refractivity contribution in [1.29, 1.82) is 0 Å². The molecule has 25 heavy (non-hydrogen) atoms. The molecular weight excluding hydrogens is 342 g/mol. The number of aryl methyl sites for hydroxylation is 3. The van der Waals surface area contributed by atoms with Gasteiger partial charge in [-0.2, -0.15) is 5.10 Å². The molecule has 1 saturated heterocycles. The quantitative estimate of drug-likeness (QED) is 0.865. The number of rotatable bonds is 3. The van der Waals surface area contributed by atoms with Crippen LogP contribution in [-0.2, 0) is 17.1 Å². The van der Waals surface area contributed by atoms with E-state index in [0.717, 1.165) is 16.8 Å². The smallest absolute Gasteiger partial charge is 0.252 e. The molecular formula is C16H23N5O3S. The fourth-order valence-corrected chi connectivity index (χ4v) is 4.22. The van der Waals surface area contributed by atoms with Crippen molar-refractivity contribution in [2.75, 3.05) is 19.3 Å². The van der Waals surface area contributed by atoms with Crippen molar-refractivity contribution < 1.29 is 13.2 Å². The third kappa shape index (κ3) is 3.52. The van der Waals surface area contributed by atoms with E-state index < -0.39 is 10.0 Å². The summed E-state index contributed by atoms with van der Waals surface area (Å²) >= 11 is 0. The summed E-state index contributed by atoms with van der Waals surface area (Å²) in [4.78, 5) is 17.3. The molecule has 0 saturated carbocycles. The minimum atomic E-state index is -3.17. The molecule has 0 bridgehead atoms. The van der Waals surface area contributed by atoms with Crippen LogP contribution in [0.1, 0.15) is 34.6 Å². The first-order valence-corrected chi connectivity index (χ1v) is 10.1. The summed E-state index contributed by atoms with van der Waals surface area (Å²) in [6.45, 7) is 4.57. The number of hydrogen-bond acceptors (Lipinski definition) is 5. The summed E-state index contributed by atoms with van der Waals surface area (Å²) < 4.78 is 26.3. The highest BCUT2D eigenvalue weighted by Crippen LogP contribution is 2.22. The number of hydrogen-bond donors (Lipinski definition) is 1. The molecule has 1 N–H and O–H groups in total. The Kier molecular flexibility index (Phi) is 4.54. The van der Waals surface area contributed by atoms with E-state index in [2.05, 4.69) is 15.4 Å². The van der Waals surface area contributed by atoms with Gasteiger partial charge < -0.3 is 5.32 Å². The Morgan fingerprint density at radius 2 is 1.92 bits per heavy atom. The second kappa shape index (κ2) is 6.38. The van der Waals surface area contributed by atoms with E-state index in [9.17, 15) is 13.2 Å². The third-order valence-corrected chi connectivity index (χ3v) is 5.90. The Morgan fingerprint density at radius 3 is 2.52 bits per heavy atom. The van der Waals surface area contributed by atoms with Crippen LogP contribution in [0.25, 0.3) is 11.0 Å². The highest BCUT2D eigenvalue weighted by Gasteiger charge is 2.27. The molecule has 8 nitrogen and oxygen atoms in total. The fraction of sp³-hybridized carbons (Fsp3) is 0.562. The summed E-state index contributed by atoms with van der Waals surface area (Å²) in [5.74, 6) is -0.163. The Balaban J connectivity index is 1.80. The summed E-state index contributed by atoms with van der Waals surface area (Å²) in [7, 11) is -1.36. The lowest BCUT2D eigenvalue weighted by Gasteiger charge is -2.30. The van der Waals surface area contributed by atoms with Crippen LogP contribution in [0.15, 0.2) is 6.07 Å². The molecule has 0 spiro atoms. The number of pyridine rings is 1. The van der Waals surface area contributed by atoms with Gasteiger partial charge >= 0.3 is 0 Å². The molecule has 1 amide bonds. The second-order valence-electron chi connectivity index (χ2n) is 6.63. The normalized spacial score (nSPS) is 17.1. The number of nitrogens with one attached hydrogen (secondary N) is 1. The van der Waals surface area contributed by atoms with E-state index in [4.69, 9.17) is 0 Å². The van der Waals surface area contributed by atoms with Gasteiger partial charge in [0.1, 0.15) is 0 Å². The maximum absolute atomic E-state index is 12.8. The zero-order chi connectivity index (χ0) is 18.4. The first-order chi connectivity index (χ1) is 11.7. The number of carbonyl (C=O) groups is 1. The monoisotopic (exact) mass is 365 g/mol. The number of piperidine rings is 1. The van der Waals surface area contributed by atoms with Crippen LogP contribution in [-0.4, -0.2) is 58.8 Å². The van der Waals surface area contributed by atoms with Gasteiger partial charge in [0, 0.05) is 31.9 Å². The highest BCUT2D eigenvalue weighted by atomic mass is 32.2. The number of fused-ring (bicyclic) bond motifs is 1. The van der Waals surface area contributed by atoms with E-state index in [1.165, 1.54) is 10.6 Å². The average molecular weight is 365 g/mol. The van der Waals surface area contributed by atoms with Gasteiger partial charge in [-0.3, -0.25) is 9.48 Å². The predicted molar refractivity (Wildman–Crippen MR) is 94.9 cm³/mol. The molecule has 0 radical (unpaired) electrons. The minimum absolute atomic E-state index is 0.0361. The molecule has 2 aromatic heterocycles. The Bertz CT molecular complexity index is 927. The average Bonchev–Trinajstić information content (AvgIpc) is 2.80. The van der Waals surface area contributed by atoms with Crippen LogP contribution in [0.4, 0.5) is 0 Å². The Hall–Kier alpha value is -2.00. The topological polar surface area (TPSA) is 97.2 Å². The zero-order valence-corrected chi connectivity index (χ0v) is 15.7. The molecule has 1 aliphatic heterocycles. The zero-order valence-electron chi connectivity index (χ0n) is 14.9. The molecule has 136 valence electrons. The van der Waals surface area contributed by atoms with Crippen LogP contribution >= 0.6 is 0 Å².